The highest BCUT2D eigenvalue weighted by atomic mass is 16.5. The number of allylic oxidation sites excluding steroid dienone is 2. The molecule has 0 aliphatic rings. The van der Waals surface area contributed by atoms with Gasteiger partial charge in [-0.1, -0.05) is 101 Å². The van der Waals surface area contributed by atoms with Crippen LogP contribution in [0.15, 0.2) is 42.5 Å². The van der Waals surface area contributed by atoms with Gasteiger partial charge >= 0.3 is 5.97 Å². The second kappa shape index (κ2) is 18.1. The van der Waals surface area contributed by atoms with Crippen molar-refractivity contribution in [3.8, 4) is 0 Å². The third-order valence-electron chi connectivity index (χ3n) is 5.10. The number of esters is 1. The minimum absolute atomic E-state index is 0.151. The topological polar surface area (TPSA) is 43.4 Å². The number of carbonyl (C=O) groups is 2. The van der Waals surface area contributed by atoms with E-state index >= 15 is 0 Å². The Balaban J connectivity index is 1.87. The van der Waals surface area contributed by atoms with Gasteiger partial charge in [0.25, 0.3) is 0 Å². The van der Waals surface area contributed by atoms with Gasteiger partial charge in [0.15, 0.2) is 12.4 Å². The van der Waals surface area contributed by atoms with Crippen molar-refractivity contribution < 1.29 is 14.3 Å². The molecule has 1 rings (SSSR count). The van der Waals surface area contributed by atoms with Gasteiger partial charge in [0, 0.05) is 12.0 Å². The number of benzene rings is 1. The maximum Gasteiger partial charge on any atom is 0.306 e. The molecule has 1 aromatic carbocycles. The van der Waals surface area contributed by atoms with Crippen molar-refractivity contribution in [2.45, 2.75) is 96.8 Å². The number of ether oxygens (including phenoxy) is 1. The molecular weight excluding hydrogens is 360 g/mol. The summed E-state index contributed by atoms with van der Waals surface area (Å²) in [6.07, 6.45) is 21.1. The fourth-order valence-electron chi connectivity index (χ4n) is 3.27. The smallest absolute Gasteiger partial charge is 0.306 e. The summed E-state index contributed by atoms with van der Waals surface area (Å²) >= 11 is 0. The normalized spacial score (nSPS) is 11.1. The Morgan fingerprint density at radius 2 is 1.31 bits per heavy atom. The van der Waals surface area contributed by atoms with Crippen LogP contribution < -0.4 is 0 Å². The van der Waals surface area contributed by atoms with Crippen LogP contribution in [0.3, 0.4) is 0 Å². The number of carbonyl (C=O) groups excluding carboxylic acids is 2. The Labute approximate surface area is 177 Å². The van der Waals surface area contributed by atoms with E-state index in [9.17, 15) is 9.59 Å². The predicted octanol–water partition coefficient (Wildman–Crippen LogP) is 7.45. The SMILES string of the molecule is CCCCCCCCC/C=C/CCCCCCC(=O)OCC(=O)c1ccccc1. The van der Waals surface area contributed by atoms with Crippen molar-refractivity contribution in [1.29, 1.82) is 0 Å². The summed E-state index contributed by atoms with van der Waals surface area (Å²) in [5.74, 6) is -0.425. The van der Waals surface area contributed by atoms with Crippen LogP contribution in [0, 0.1) is 0 Å². The van der Waals surface area contributed by atoms with Crippen molar-refractivity contribution in [3.63, 3.8) is 0 Å². The average Bonchev–Trinajstić information content (AvgIpc) is 2.75. The van der Waals surface area contributed by atoms with Crippen LogP contribution in [-0.2, 0) is 9.53 Å². The lowest BCUT2D eigenvalue weighted by Crippen LogP contribution is -2.13. The van der Waals surface area contributed by atoms with E-state index in [1.165, 1.54) is 57.8 Å². The number of unbranched alkanes of at least 4 members (excludes halogenated alkanes) is 11. The molecule has 0 unspecified atom stereocenters. The Hall–Kier alpha value is -1.90. The highest BCUT2D eigenvalue weighted by Crippen LogP contribution is 2.10. The Kier molecular flexibility index (Phi) is 15.7. The molecule has 29 heavy (non-hydrogen) atoms. The van der Waals surface area contributed by atoms with Gasteiger partial charge in [-0.05, 0) is 32.1 Å². The standard InChI is InChI=1S/C26H40O3/c1-2-3-4-5-6-7-8-9-10-11-12-13-14-15-19-22-26(28)29-23-25(27)24-20-17-16-18-21-24/h10-11,16-18,20-21H,2-9,12-15,19,22-23H2,1H3/b11-10+. The Morgan fingerprint density at radius 3 is 1.93 bits per heavy atom. The van der Waals surface area contributed by atoms with E-state index in [-0.39, 0.29) is 18.4 Å². The number of hydrogen-bond donors (Lipinski definition) is 0. The van der Waals surface area contributed by atoms with Crippen molar-refractivity contribution in [1.82, 2.24) is 0 Å². The molecule has 0 bridgehead atoms. The van der Waals surface area contributed by atoms with Gasteiger partial charge in [-0.15, -0.1) is 0 Å². The first kappa shape index (κ1) is 25.1. The molecule has 162 valence electrons. The minimum Gasteiger partial charge on any atom is -0.457 e. The van der Waals surface area contributed by atoms with Gasteiger partial charge in [-0.25, -0.2) is 0 Å². The summed E-state index contributed by atoms with van der Waals surface area (Å²) < 4.78 is 5.08. The van der Waals surface area contributed by atoms with Crippen molar-refractivity contribution >= 4 is 11.8 Å². The molecule has 1 aromatic rings. The minimum atomic E-state index is -0.274. The average molecular weight is 401 g/mol. The predicted molar refractivity (Wildman–Crippen MR) is 121 cm³/mol. The molecule has 0 atom stereocenters. The van der Waals surface area contributed by atoms with E-state index in [1.807, 2.05) is 6.07 Å². The van der Waals surface area contributed by atoms with Crippen LogP contribution in [0.4, 0.5) is 0 Å². The van der Waals surface area contributed by atoms with Crippen LogP contribution in [0.1, 0.15) is 107 Å². The molecule has 0 saturated heterocycles. The second-order valence-corrected chi connectivity index (χ2v) is 7.78. The van der Waals surface area contributed by atoms with Crippen LogP contribution in [0.2, 0.25) is 0 Å². The van der Waals surface area contributed by atoms with Crippen LogP contribution in [-0.4, -0.2) is 18.4 Å². The molecule has 0 fully saturated rings. The van der Waals surface area contributed by atoms with Gasteiger partial charge in [0.05, 0.1) is 0 Å². The lowest BCUT2D eigenvalue weighted by molar-refractivity contribution is -0.142. The summed E-state index contributed by atoms with van der Waals surface area (Å²) in [5.41, 5.74) is 0.584. The monoisotopic (exact) mass is 400 g/mol. The number of Topliss-reactive ketones (excluding diaryl/α,β-unsaturated/α-hetero) is 1. The summed E-state index contributed by atoms with van der Waals surface area (Å²) in [6, 6.07) is 8.94. The molecule has 0 amide bonds. The van der Waals surface area contributed by atoms with Gasteiger partial charge in [-0.3, -0.25) is 9.59 Å². The lowest BCUT2D eigenvalue weighted by atomic mass is 10.1. The quantitative estimate of drug-likeness (QED) is 0.111. The zero-order chi connectivity index (χ0) is 21.0. The Morgan fingerprint density at radius 1 is 0.759 bits per heavy atom. The lowest BCUT2D eigenvalue weighted by Gasteiger charge is -2.04. The van der Waals surface area contributed by atoms with Crippen molar-refractivity contribution in [3.05, 3.63) is 48.0 Å². The van der Waals surface area contributed by atoms with E-state index in [0.29, 0.717) is 12.0 Å². The molecule has 3 heteroatoms. The van der Waals surface area contributed by atoms with Crippen molar-refractivity contribution in [2.75, 3.05) is 6.61 Å². The maximum absolute atomic E-state index is 11.9. The van der Waals surface area contributed by atoms with E-state index in [2.05, 4.69) is 19.1 Å². The van der Waals surface area contributed by atoms with Crippen LogP contribution in [0.5, 0.6) is 0 Å². The van der Waals surface area contributed by atoms with Gasteiger partial charge < -0.3 is 4.74 Å². The third-order valence-corrected chi connectivity index (χ3v) is 5.10. The summed E-state index contributed by atoms with van der Waals surface area (Å²) in [5, 5.41) is 0. The molecule has 0 N–H and O–H groups in total. The summed E-state index contributed by atoms with van der Waals surface area (Å²) in [4.78, 5) is 23.6. The van der Waals surface area contributed by atoms with Gasteiger partial charge in [0.1, 0.15) is 0 Å². The molecule has 0 aliphatic carbocycles. The van der Waals surface area contributed by atoms with E-state index in [4.69, 9.17) is 4.74 Å². The fraction of sp³-hybridized carbons (Fsp3) is 0.615. The molecule has 0 aliphatic heterocycles. The fourth-order valence-corrected chi connectivity index (χ4v) is 3.27. The Bertz CT molecular complexity index is 563. The second-order valence-electron chi connectivity index (χ2n) is 7.78. The largest absolute Gasteiger partial charge is 0.457 e. The van der Waals surface area contributed by atoms with E-state index in [0.717, 1.165) is 25.7 Å². The molecule has 0 saturated carbocycles. The maximum atomic E-state index is 11.9. The first-order valence-corrected chi connectivity index (χ1v) is 11.6. The van der Waals surface area contributed by atoms with Gasteiger partial charge in [-0.2, -0.15) is 0 Å². The first-order valence-electron chi connectivity index (χ1n) is 11.6. The number of rotatable bonds is 18. The highest BCUT2D eigenvalue weighted by molar-refractivity contribution is 5.97. The molecule has 0 radical (unpaired) electrons. The first-order chi connectivity index (χ1) is 14.2. The van der Waals surface area contributed by atoms with E-state index in [1.54, 1.807) is 24.3 Å². The summed E-state index contributed by atoms with van der Waals surface area (Å²) in [6.45, 7) is 2.10. The summed E-state index contributed by atoms with van der Waals surface area (Å²) in [7, 11) is 0. The van der Waals surface area contributed by atoms with E-state index < -0.39 is 0 Å². The molecule has 0 aromatic heterocycles. The van der Waals surface area contributed by atoms with Crippen molar-refractivity contribution in [2.24, 2.45) is 0 Å². The molecule has 0 heterocycles. The third kappa shape index (κ3) is 14.7. The highest BCUT2D eigenvalue weighted by Gasteiger charge is 2.09. The number of hydrogen-bond acceptors (Lipinski definition) is 3. The zero-order valence-electron chi connectivity index (χ0n) is 18.4. The molecule has 3 nitrogen and oxygen atoms in total. The van der Waals surface area contributed by atoms with Gasteiger partial charge in [0.2, 0.25) is 0 Å². The zero-order valence-corrected chi connectivity index (χ0v) is 18.4. The van der Waals surface area contributed by atoms with Crippen LogP contribution in [0.25, 0.3) is 0 Å². The molecular formula is C26H40O3. The number of ketones is 1. The van der Waals surface area contributed by atoms with Crippen LogP contribution >= 0.6 is 0 Å². The molecule has 0 spiro atoms.